The molecule has 59 heavy (non-hydrogen) atoms. The molecule has 0 saturated heterocycles. The van der Waals surface area contributed by atoms with Crippen molar-refractivity contribution in [2.75, 3.05) is 19.8 Å². The lowest BCUT2D eigenvalue weighted by atomic mass is 10.1. The molecule has 0 aromatic rings. The van der Waals surface area contributed by atoms with Gasteiger partial charge in [-0.3, -0.25) is 4.79 Å². The lowest BCUT2D eigenvalue weighted by molar-refractivity contribution is -0.154. The SMILES string of the molecule is CC/C=C\C/C=C\C/C=C\C/C=C\C/C=C\C/C=C\CCCCCCCCC(=O)OC(CO)COCCCCCCCCC/C=C\C/C=C\C/C=C\CCCCCCC. The van der Waals surface area contributed by atoms with E-state index in [2.05, 4.69) is 123 Å². The van der Waals surface area contributed by atoms with E-state index in [0.717, 1.165) is 89.9 Å². The van der Waals surface area contributed by atoms with Gasteiger partial charge in [-0.15, -0.1) is 0 Å². The van der Waals surface area contributed by atoms with Crippen LogP contribution in [0, 0.1) is 0 Å². The van der Waals surface area contributed by atoms with E-state index in [1.807, 2.05) is 0 Å². The van der Waals surface area contributed by atoms with Crippen LogP contribution in [0.4, 0.5) is 0 Å². The number of hydrogen-bond donors (Lipinski definition) is 1. The fourth-order valence-electron chi connectivity index (χ4n) is 6.46. The number of aliphatic hydroxyl groups is 1. The van der Waals surface area contributed by atoms with Crippen LogP contribution in [-0.4, -0.2) is 37.0 Å². The molecule has 1 atom stereocenters. The minimum absolute atomic E-state index is 0.189. The third-order valence-electron chi connectivity index (χ3n) is 10.1. The summed E-state index contributed by atoms with van der Waals surface area (Å²) >= 11 is 0. The summed E-state index contributed by atoms with van der Waals surface area (Å²) in [7, 11) is 0. The fourth-order valence-corrected chi connectivity index (χ4v) is 6.46. The molecule has 0 rings (SSSR count). The number of esters is 1. The molecule has 1 unspecified atom stereocenters. The van der Waals surface area contributed by atoms with Gasteiger partial charge in [0.2, 0.25) is 0 Å². The standard InChI is InChI=1S/C55H92O4/c1-3-5-7-9-11-13-15-17-19-21-23-25-27-28-29-30-32-34-36-38-40-42-44-46-48-50-55(57)59-54(52-56)53-58-51-49-47-45-43-41-39-37-35-33-31-26-24-22-20-18-16-14-12-10-8-6-4-2/h5,7,11,13,16-19,22-25,28-29,31-34,54,56H,3-4,6,8-10,12,14-15,20-21,26-27,30,35-53H2,1-2H3/b7-5-,13-11-,18-16-,19-17-,24-22-,25-23-,29-28-,33-31-,34-32-. The first-order valence-corrected chi connectivity index (χ1v) is 24.5. The maximum atomic E-state index is 12.3. The van der Waals surface area contributed by atoms with Crippen molar-refractivity contribution in [3.8, 4) is 0 Å². The first kappa shape index (κ1) is 56.1. The highest BCUT2D eigenvalue weighted by molar-refractivity contribution is 5.69. The summed E-state index contributed by atoms with van der Waals surface area (Å²) in [4.78, 5) is 12.3. The highest BCUT2D eigenvalue weighted by Gasteiger charge is 2.13. The Hall–Kier alpha value is -2.95. The average Bonchev–Trinajstić information content (AvgIpc) is 3.24. The molecule has 0 fully saturated rings. The van der Waals surface area contributed by atoms with Gasteiger partial charge in [-0.25, -0.2) is 0 Å². The largest absolute Gasteiger partial charge is 0.457 e. The summed E-state index contributed by atoms with van der Waals surface area (Å²) in [6.07, 6.45) is 74.5. The Labute approximate surface area is 365 Å². The summed E-state index contributed by atoms with van der Waals surface area (Å²) in [5.41, 5.74) is 0. The lowest BCUT2D eigenvalue weighted by Gasteiger charge is -2.15. The third kappa shape index (κ3) is 49.3. The second kappa shape index (κ2) is 51.2. The summed E-state index contributed by atoms with van der Waals surface area (Å²) < 4.78 is 11.2. The molecule has 4 nitrogen and oxygen atoms in total. The summed E-state index contributed by atoms with van der Waals surface area (Å²) in [5.74, 6) is -0.223. The van der Waals surface area contributed by atoms with Crippen LogP contribution in [-0.2, 0) is 14.3 Å². The molecule has 0 aliphatic rings. The van der Waals surface area contributed by atoms with Crippen LogP contribution >= 0.6 is 0 Å². The molecule has 0 radical (unpaired) electrons. The number of allylic oxidation sites excluding steroid dienone is 18. The number of hydrogen-bond acceptors (Lipinski definition) is 4. The Kier molecular flexibility index (Phi) is 48.6. The van der Waals surface area contributed by atoms with Crippen molar-refractivity contribution in [2.45, 2.75) is 213 Å². The minimum atomic E-state index is -0.557. The molecule has 1 N–H and O–H groups in total. The van der Waals surface area contributed by atoms with Crippen molar-refractivity contribution >= 4 is 5.97 Å². The molecule has 0 aliphatic heterocycles. The second-order valence-electron chi connectivity index (χ2n) is 15.8. The Morgan fingerprint density at radius 2 is 0.763 bits per heavy atom. The van der Waals surface area contributed by atoms with Crippen LogP contribution in [0.5, 0.6) is 0 Å². The third-order valence-corrected chi connectivity index (χ3v) is 10.1. The van der Waals surface area contributed by atoms with Crippen molar-refractivity contribution in [2.24, 2.45) is 0 Å². The van der Waals surface area contributed by atoms with Gasteiger partial charge in [0.15, 0.2) is 0 Å². The molecule has 336 valence electrons. The molecule has 0 aromatic carbocycles. The summed E-state index contributed by atoms with van der Waals surface area (Å²) in [6, 6.07) is 0. The van der Waals surface area contributed by atoms with Crippen molar-refractivity contribution in [3.05, 3.63) is 109 Å². The fraction of sp³-hybridized carbons (Fsp3) is 0.655. The van der Waals surface area contributed by atoms with E-state index in [1.54, 1.807) is 0 Å². The smallest absolute Gasteiger partial charge is 0.306 e. The van der Waals surface area contributed by atoms with E-state index in [1.165, 1.54) is 96.3 Å². The minimum Gasteiger partial charge on any atom is -0.457 e. The van der Waals surface area contributed by atoms with Crippen molar-refractivity contribution in [1.29, 1.82) is 0 Å². The van der Waals surface area contributed by atoms with E-state index in [9.17, 15) is 9.90 Å². The van der Waals surface area contributed by atoms with Crippen LogP contribution in [0.15, 0.2) is 109 Å². The first-order chi connectivity index (χ1) is 29.2. The molecular formula is C55H92O4. The first-order valence-electron chi connectivity index (χ1n) is 24.5. The van der Waals surface area contributed by atoms with Crippen LogP contribution in [0.3, 0.4) is 0 Å². The molecule has 0 heterocycles. The van der Waals surface area contributed by atoms with Crippen molar-refractivity contribution in [1.82, 2.24) is 0 Å². The molecule has 0 aliphatic carbocycles. The molecule has 0 bridgehead atoms. The van der Waals surface area contributed by atoms with Gasteiger partial charge in [-0.05, 0) is 103 Å². The van der Waals surface area contributed by atoms with E-state index in [4.69, 9.17) is 9.47 Å². The van der Waals surface area contributed by atoms with E-state index in [-0.39, 0.29) is 19.2 Å². The normalized spacial score (nSPS) is 13.3. The highest BCUT2D eigenvalue weighted by Crippen LogP contribution is 2.12. The van der Waals surface area contributed by atoms with Crippen molar-refractivity contribution < 1.29 is 19.4 Å². The molecule has 0 saturated carbocycles. The predicted molar refractivity (Wildman–Crippen MR) is 260 cm³/mol. The molecule has 0 spiro atoms. The maximum absolute atomic E-state index is 12.3. The zero-order valence-electron chi connectivity index (χ0n) is 38.5. The van der Waals surface area contributed by atoms with Crippen LogP contribution in [0.1, 0.15) is 206 Å². The van der Waals surface area contributed by atoms with Gasteiger partial charge >= 0.3 is 5.97 Å². The average molecular weight is 817 g/mol. The molecule has 4 heteroatoms. The highest BCUT2D eigenvalue weighted by atomic mass is 16.6. The quantitative estimate of drug-likeness (QED) is 0.0378. The number of carbonyl (C=O) groups is 1. The topological polar surface area (TPSA) is 55.8 Å². The van der Waals surface area contributed by atoms with Crippen LogP contribution < -0.4 is 0 Å². The van der Waals surface area contributed by atoms with Crippen LogP contribution in [0.2, 0.25) is 0 Å². The van der Waals surface area contributed by atoms with Gasteiger partial charge in [0.05, 0.1) is 13.2 Å². The molecule has 0 amide bonds. The summed E-state index contributed by atoms with van der Waals surface area (Å²) in [5, 5.41) is 9.64. The Morgan fingerprint density at radius 1 is 0.424 bits per heavy atom. The van der Waals surface area contributed by atoms with E-state index >= 15 is 0 Å². The van der Waals surface area contributed by atoms with E-state index in [0.29, 0.717) is 13.0 Å². The number of aliphatic hydroxyl groups excluding tert-OH is 1. The van der Waals surface area contributed by atoms with Gasteiger partial charge < -0.3 is 14.6 Å². The summed E-state index contributed by atoms with van der Waals surface area (Å²) in [6.45, 7) is 5.17. The number of carbonyl (C=O) groups excluding carboxylic acids is 1. The predicted octanol–water partition coefficient (Wildman–Crippen LogP) is 16.7. The maximum Gasteiger partial charge on any atom is 0.306 e. The zero-order chi connectivity index (χ0) is 42.6. The van der Waals surface area contributed by atoms with Crippen molar-refractivity contribution in [3.63, 3.8) is 0 Å². The van der Waals surface area contributed by atoms with Gasteiger partial charge in [-0.1, -0.05) is 207 Å². The van der Waals surface area contributed by atoms with Crippen LogP contribution in [0.25, 0.3) is 0 Å². The number of unbranched alkanes of at least 4 members (excludes halogenated alkanes) is 18. The van der Waals surface area contributed by atoms with Gasteiger partial charge in [0.1, 0.15) is 6.10 Å². The number of rotatable bonds is 44. The second-order valence-corrected chi connectivity index (χ2v) is 15.8. The molecular weight excluding hydrogens is 725 g/mol. The Balaban J connectivity index is 3.54. The molecule has 0 aromatic heterocycles. The van der Waals surface area contributed by atoms with Gasteiger partial charge in [-0.2, -0.15) is 0 Å². The Morgan fingerprint density at radius 3 is 1.15 bits per heavy atom. The lowest BCUT2D eigenvalue weighted by Crippen LogP contribution is -2.27. The number of ether oxygens (including phenoxy) is 2. The van der Waals surface area contributed by atoms with E-state index < -0.39 is 6.10 Å². The zero-order valence-corrected chi connectivity index (χ0v) is 38.5. The van der Waals surface area contributed by atoms with Gasteiger partial charge in [0.25, 0.3) is 0 Å². The van der Waals surface area contributed by atoms with Gasteiger partial charge in [0, 0.05) is 13.0 Å². The monoisotopic (exact) mass is 817 g/mol. The Bertz CT molecular complexity index is 1130.